The van der Waals surface area contributed by atoms with Crippen LogP contribution in [0.15, 0.2) is 6.33 Å². The highest BCUT2D eigenvalue weighted by Crippen LogP contribution is 2.22. The van der Waals surface area contributed by atoms with Gasteiger partial charge in [-0.1, -0.05) is 6.92 Å². The van der Waals surface area contributed by atoms with E-state index in [9.17, 15) is 28.1 Å². The average molecular weight is 279 g/mol. The Kier molecular flexibility index (Phi) is 4.62. The Balaban J connectivity index is 2.72. The van der Waals surface area contributed by atoms with Gasteiger partial charge in [-0.05, 0) is 16.3 Å². The second-order valence-electron chi connectivity index (χ2n) is 3.91. The lowest BCUT2D eigenvalue weighted by Crippen LogP contribution is -2.16. The zero-order chi connectivity index (χ0) is 14.6. The Hall–Kier alpha value is -1.93. The molecule has 1 rings (SSSR count). The van der Waals surface area contributed by atoms with Crippen LogP contribution in [0.4, 0.5) is 19.0 Å². The predicted octanol–water partition coefficient (Wildman–Crippen LogP) is 2.27. The van der Waals surface area contributed by atoms with E-state index in [1.165, 1.54) is 4.57 Å². The van der Waals surface area contributed by atoms with Gasteiger partial charge in [-0.3, -0.25) is 4.79 Å². The largest absolute Gasteiger partial charge is 0.389 e. The number of carbonyl (C=O) groups is 1. The van der Waals surface area contributed by atoms with E-state index >= 15 is 0 Å². The molecule has 0 atom stereocenters. The van der Waals surface area contributed by atoms with E-state index in [1.54, 1.807) is 6.92 Å². The van der Waals surface area contributed by atoms with Gasteiger partial charge in [0.1, 0.15) is 5.69 Å². The molecule has 1 aromatic rings. The molecule has 0 saturated carbocycles. The molecule has 0 aromatic carbocycles. The molecular weight excluding hydrogens is 267 g/mol. The van der Waals surface area contributed by atoms with E-state index in [1.807, 2.05) is 0 Å². The summed E-state index contributed by atoms with van der Waals surface area (Å²) in [5.41, 5.74) is 0.227. The van der Waals surface area contributed by atoms with Crippen LogP contribution in [-0.2, 0) is 17.8 Å². The van der Waals surface area contributed by atoms with Crippen LogP contribution in [0.5, 0.6) is 0 Å². The van der Waals surface area contributed by atoms with Gasteiger partial charge in [0.15, 0.2) is 5.78 Å². The first kappa shape index (κ1) is 15.1. The summed E-state index contributed by atoms with van der Waals surface area (Å²) in [5.74, 6) is -1.01. The number of hydrogen-bond acceptors (Lipinski definition) is 4. The number of aromatic nitrogens is 2. The third-order valence-electron chi connectivity index (χ3n) is 2.47. The van der Waals surface area contributed by atoms with Gasteiger partial charge >= 0.3 is 12.0 Å². The molecule has 0 amide bonds. The summed E-state index contributed by atoms with van der Waals surface area (Å²) < 4.78 is 37.1. The molecule has 0 saturated heterocycles. The van der Waals surface area contributed by atoms with Crippen LogP contribution in [0.1, 0.15) is 25.5 Å². The van der Waals surface area contributed by atoms with Crippen molar-refractivity contribution in [1.29, 1.82) is 0 Å². The molecule has 1 aromatic heterocycles. The van der Waals surface area contributed by atoms with Crippen molar-refractivity contribution in [3.05, 3.63) is 22.1 Å². The van der Waals surface area contributed by atoms with E-state index in [4.69, 9.17) is 0 Å². The Labute approximate surface area is 106 Å². The highest BCUT2D eigenvalue weighted by molar-refractivity contribution is 5.78. The first-order chi connectivity index (χ1) is 8.74. The molecule has 19 heavy (non-hydrogen) atoms. The summed E-state index contributed by atoms with van der Waals surface area (Å²) in [6, 6.07) is 0. The molecule has 0 aliphatic carbocycles. The van der Waals surface area contributed by atoms with Crippen molar-refractivity contribution in [3.63, 3.8) is 0 Å². The number of Topliss-reactive ketones (excluding diaryl/α,β-unsaturated/α-hetero) is 1. The minimum Gasteiger partial charge on any atom is -0.358 e. The average Bonchev–Trinajstić information content (AvgIpc) is 2.68. The SMILES string of the molecule is CCc1c([N+](=O)[O-])ncn1CC(=O)CCC(F)(F)F. The third-order valence-corrected chi connectivity index (χ3v) is 2.47. The fraction of sp³-hybridized carbons (Fsp3) is 0.600. The van der Waals surface area contributed by atoms with Crippen molar-refractivity contribution in [2.24, 2.45) is 0 Å². The maximum Gasteiger partial charge on any atom is 0.389 e. The lowest BCUT2D eigenvalue weighted by atomic mass is 10.2. The molecule has 6 nitrogen and oxygen atoms in total. The first-order valence-corrected chi connectivity index (χ1v) is 5.51. The van der Waals surface area contributed by atoms with Crippen LogP contribution in [-0.4, -0.2) is 26.4 Å². The summed E-state index contributed by atoms with van der Waals surface area (Å²) in [5, 5.41) is 10.6. The number of rotatable bonds is 6. The molecule has 9 heteroatoms. The number of nitro groups is 1. The standard InChI is InChI=1S/C10H12F3N3O3/c1-2-8-9(16(18)19)14-6-15(8)5-7(17)3-4-10(11,12)13/h6H,2-5H2,1H3. The lowest BCUT2D eigenvalue weighted by molar-refractivity contribution is -0.390. The minimum absolute atomic E-state index is 0.227. The van der Waals surface area contributed by atoms with Gasteiger partial charge in [0.2, 0.25) is 6.33 Å². The molecule has 0 unspecified atom stereocenters. The minimum atomic E-state index is -4.38. The van der Waals surface area contributed by atoms with Crippen LogP contribution >= 0.6 is 0 Å². The first-order valence-electron chi connectivity index (χ1n) is 5.51. The molecule has 0 fully saturated rings. The highest BCUT2D eigenvalue weighted by Gasteiger charge is 2.28. The van der Waals surface area contributed by atoms with Crippen LogP contribution < -0.4 is 0 Å². The third kappa shape index (κ3) is 4.34. The van der Waals surface area contributed by atoms with Crippen molar-refractivity contribution in [2.45, 2.75) is 38.9 Å². The maximum absolute atomic E-state index is 11.9. The number of carbonyl (C=O) groups excluding carboxylic acids is 1. The second kappa shape index (κ2) is 5.81. The molecule has 1 heterocycles. The topological polar surface area (TPSA) is 78.0 Å². The maximum atomic E-state index is 11.9. The summed E-state index contributed by atoms with van der Waals surface area (Å²) in [7, 11) is 0. The molecule has 0 bridgehead atoms. The van der Waals surface area contributed by atoms with Crippen LogP contribution in [0, 0.1) is 10.1 Å². The Bertz CT molecular complexity index is 482. The van der Waals surface area contributed by atoms with E-state index in [0.29, 0.717) is 0 Å². The number of nitrogens with zero attached hydrogens (tertiary/aromatic N) is 3. The number of hydrogen-bond donors (Lipinski definition) is 0. The second-order valence-corrected chi connectivity index (χ2v) is 3.91. The number of halogens is 3. The number of imidazole rings is 1. The van der Waals surface area contributed by atoms with Crippen LogP contribution in [0.3, 0.4) is 0 Å². The van der Waals surface area contributed by atoms with E-state index in [0.717, 1.165) is 6.33 Å². The number of alkyl halides is 3. The van der Waals surface area contributed by atoms with Crippen LogP contribution in [0.2, 0.25) is 0 Å². The fourth-order valence-corrected chi connectivity index (χ4v) is 1.60. The quantitative estimate of drug-likeness (QED) is 0.591. The highest BCUT2D eigenvalue weighted by atomic mass is 19.4. The summed E-state index contributed by atoms with van der Waals surface area (Å²) in [6.07, 6.45) is -4.85. The molecule has 0 radical (unpaired) electrons. The summed E-state index contributed by atoms with van der Waals surface area (Å²) in [4.78, 5) is 24.9. The Morgan fingerprint density at radius 3 is 2.63 bits per heavy atom. The van der Waals surface area contributed by atoms with Gasteiger partial charge in [0.25, 0.3) is 0 Å². The monoisotopic (exact) mass is 279 g/mol. The zero-order valence-corrected chi connectivity index (χ0v) is 10.1. The molecule has 0 aliphatic heterocycles. The molecule has 0 aliphatic rings. The predicted molar refractivity (Wildman–Crippen MR) is 58.6 cm³/mol. The molecular formula is C10H12F3N3O3. The Morgan fingerprint density at radius 1 is 1.53 bits per heavy atom. The van der Waals surface area contributed by atoms with E-state index < -0.39 is 29.7 Å². The van der Waals surface area contributed by atoms with Crippen LogP contribution in [0.25, 0.3) is 0 Å². The van der Waals surface area contributed by atoms with Crippen molar-refractivity contribution >= 4 is 11.6 Å². The number of ketones is 1. The van der Waals surface area contributed by atoms with Gasteiger partial charge in [0, 0.05) is 6.42 Å². The van der Waals surface area contributed by atoms with E-state index in [2.05, 4.69) is 4.98 Å². The normalized spacial score (nSPS) is 11.6. The van der Waals surface area contributed by atoms with Gasteiger partial charge in [-0.2, -0.15) is 13.2 Å². The smallest absolute Gasteiger partial charge is 0.358 e. The van der Waals surface area contributed by atoms with Crippen molar-refractivity contribution in [3.8, 4) is 0 Å². The molecule has 0 spiro atoms. The molecule has 106 valence electrons. The van der Waals surface area contributed by atoms with Crippen molar-refractivity contribution < 1.29 is 22.9 Å². The van der Waals surface area contributed by atoms with Gasteiger partial charge < -0.3 is 14.7 Å². The Morgan fingerprint density at radius 2 is 2.16 bits per heavy atom. The van der Waals surface area contributed by atoms with Crippen molar-refractivity contribution in [1.82, 2.24) is 9.55 Å². The van der Waals surface area contributed by atoms with E-state index in [-0.39, 0.29) is 24.5 Å². The summed E-state index contributed by atoms with van der Waals surface area (Å²) >= 11 is 0. The van der Waals surface area contributed by atoms with Gasteiger partial charge in [-0.15, -0.1) is 0 Å². The van der Waals surface area contributed by atoms with Crippen molar-refractivity contribution in [2.75, 3.05) is 0 Å². The zero-order valence-electron chi connectivity index (χ0n) is 10.1. The summed E-state index contributed by atoms with van der Waals surface area (Å²) in [6.45, 7) is 1.31. The fourth-order valence-electron chi connectivity index (χ4n) is 1.60. The molecule has 0 N–H and O–H groups in total. The lowest BCUT2D eigenvalue weighted by Gasteiger charge is -2.06. The van der Waals surface area contributed by atoms with Gasteiger partial charge in [-0.25, -0.2) is 0 Å². The van der Waals surface area contributed by atoms with Gasteiger partial charge in [0.05, 0.1) is 13.0 Å².